The summed E-state index contributed by atoms with van der Waals surface area (Å²) < 4.78 is 10.6. The topological polar surface area (TPSA) is 76.8 Å². The highest BCUT2D eigenvalue weighted by atomic mass is 16.5. The molecule has 3 N–H and O–H groups in total. The van der Waals surface area contributed by atoms with E-state index >= 15 is 0 Å². The third kappa shape index (κ3) is 3.65. The Morgan fingerprint density at radius 3 is 2.48 bits per heavy atom. The Hall–Kier alpha value is -1.79. The van der Waals surface area contributed by atoms with Gasteiger partial charge in [0.15, 0.2) is 0 Å². The van der Waals surface area contributed by atoms with Gasteiger partial charge in [0.1, 0.15) is 11.5 Å². The minimum atomic E-state index is -0.179. The molecule has 0 aromatic heterocycles. The summed E-state index contributed by atoms with van der Waals surface area (Å²) in [5.74, 6) is 1.49. The van der Waals surface area contributed by atoms with E-state index in [4.69, 9.17) is 15.2 Å². The third-order valence-electron chi connectivity index (χ3n) is 3.78. The molecule has 0 aliphatic carbocycles. The molecule has 1 aromatic rings. The van der Waals surface area contributed by atoms with Gasteiger partial charge >= 0.3 is 0 Å². The molecule has 1 amide bonds. The molecule has 6 heteroatoms. The lowest BCUT2D eigenvalue weighted by Crippen LogP contribution is -2.41. The summed E-state index contributed by atoms with van der Waals surface area (Å²) in [6.07, 6.45) is 0.681. The molecule has 116 valence electrons. The highest BCUT2D eigenvalue weighted by molar-refractivity contribution is 5.81. The van der Waals surface area contributed by atoms with E-state index in [1.807, 2.05) is 18.2 Å². The van der Waals surface area contributed by atoms with E-state index in [9.17, 15) is 4.79 Å². The molecule has 0 radical (unpaired) electrons. The maximum Gasteiger partial charge on any atom is 0.237 e. The van der Waals surface area contributed by atoms with Gasteiger partial charge in [0, 0.05) is 32.2 Å². The minimum Gasteiger partial charge on any atom is -0.497 e. The summed E-state index contributed by atoms with van der Waals surface area (Å²) in [6, 6.07) is 5.58. The van der Waals surface area contributed by atoms with Gasteiger partial charge in [0.25, 0.3) is 0 Å². The lowest BCUT2D eigenvalue weighted by atomic mass is 10.1. The predicted octanol–water partition coefficient (Wildman–Crippen LogP) is 0.351. The molecule has 1 fully saturated rings. The second kappa shape index (κ2) is 6.78. The van der Waals surface area contributed by atoms with Gasteiger partial charge in [0.2, 0.25) is 5.91 Å². The number of methoxy groups -OCH3 is 2. The number of likely N-dealkylation sites (tertiary alicyclic amines) is 1. The van der Waals surface area contributed by atoms with Gasteiger partial charge in [-0.3, -0.25) is 9.69 Å². The Morgan fingerprint density at radius 1 is 1.33 bits per heavy atom. The SMILES string of the molecule is CNC(=O)[C@@H]1C[C@H](N)CN1Cc1cc(OC)cc(OC)c1. The van der Waals surface area contributed by atoms with Crippen LogP contribution in [0.3, 0.4) is 0 Å². The fraction of sp³-hybridized carbons (Fsp3) is 0.533. The number of nitrogens with zero attached hydrogens (tertiary/aromatic N) is 1. The quantitative estimate of drug-likeness (QED) is 0.819. The first-order chi connectivity index (χ1) is 10.1. The number of hydrogen-bond acceptors (Lipinski definition) is 5. The molecule has 1 heterocycles. The molecule has 1 aliphatic rings. The van der Waals surface area contributed by atoms with E-state index < -0.39 is 0 Å². The number of benzene rings is 1. The second-order valence-corrected chi connectivity index (χ2v) is 5.28. The van der Waals surface area contributed by atoms with Crippen LogP contribution in [0.4, 0.5) is 0 Å². The van der Waals surface area contributed by atoms with Crippen LogP contribution in [0.25, 0.3) is 0 Å². The summed E-state index contributed by atoms with van der Waals surface area (Å²) in [5.41, 5.74) is 7.04. The van der Waals surface area contributed by atoms with Crippen molar-refractivity contribution in [1.29, 1.82) is 0 Å². The fourth-order valence-electron chi connectivity index (χ4n) is 2.75. The van der Waals surface area contributed by atoms with E-state index in [2.05, 4.69) is 10.2 Å². The van der Waals surface area contributed by atoms with Gasteiger partial charge in [-0.25, -0.2) is 0 Å². The maximum atomic E-state index is 11.9. The molecule has 0 saturated carbocycles. The lowest BCUT2D eigenvalue weighted by Gasteiger charge is -2.23. The van der Waals surface area contributed by atoms with Crippen molar-refractivity contribution < 1.29 is 14.3 Å². The first-order valence-electron chi connectivity index (χ1n) is 7.00. The molecule has 1 aliphatic heterocycles. The molecule has 1 saturated heterocycles. The van der Waals surface area contributed by atoms with Gasteiger partial charge in [-0.2, -0.15) is 0 Å². The lowest BCUT2D eigenvalue weighted by molar-refractivity contribution is -0.125. The predicted molar refractivity (Wildman–Crippen MR) is 80.4 cm³/mol. The van der Waals surface area contributed by atoms with Crippen LogP contribution in [0.1, 0.15) is 12.0 Å². The Morgan fingerprint density at radius 2 is 1.95 bits per heavy atom. The number of carbonyl (C=O) groups excluding carboxylic acids is 1. The van der Waals surface area contributed by atoms with E-state index in [0.29, 0.717) is 19.5 Å². The zero-order valence-electron chi connectivity index (χ0n) is 12.8. The van der Waals surface area contributed by atoms with Gasteiger partial charge in [0.05, 0.1) is 20.3 Å². The van der Waals surface area contributed by atoms with Crippen LogP contribution in [0.15, 0.2) is 18.2 Å². The van der Waals surface area contributed by atoms with E-state index in [1.165, 1.54) is 0 Å². The molecule has 2 atom stereocenters. The van der Waals surface area contributed by atoms with Crippen molar-refractivity contribution in [2.75, 3.05) is 27.8 Å². The highest BCUT2D eigenvalue weighted by Gasteiger charge is 2.34. The summed E-state index contributed by atoms with van der Waals surface area (Å²) in [5, 5.41) is 2.70. The second-order valence-electron chi connectivity index (χ2n) is 5.28. The number of ether oxygens (including phenoxy) is 2. The number of rotatable bonds is 5. The standard InChI is InChI=1S/C15H23N3O3/c1-17-15(19)14-6-11(16)9-18(14)8-10-4-12(20-2)7-13(5-10)21-3/h4-5,7,11,14H,6,8-9,16H2,1-3H3,(H,17,19)/t11-,14-/m0/s1. The number of nitrogens with one attached hydrogen (secondary N) is 1. The molecular formula is C15H23N3O3. The first-order valence-corrected chi connectivity index (χ1v) is 7.00. The van der Waals surface area contributed by atoms with E-state index in [-0.39, 0.29) is 18.0 Å². The van der Waals surface area contributed by atoms with Crippen molar-refractivity contribution in [2.24, 2.45) is 5.73 Å². The van der Waals surface area contributed by atoms with Crippen molar-refractivity contribution in [1.82, 2.24) is 10.2 Å². The number of amides is 1. The number of hydrogen-bond donors (Lipinski definition) is 2. The Labute approximate surface area is 125 Å². The van der Waals surface area contributed by atoms with Gasteiger partial charge in [-0.05, 0) is 24.1 Å². The minimum absolute atomic E-state index is 0.0119. The molecule has 0 spiro atoms. The van der Waals surface area contributed by atoms with E-state index in [1.54, 1.807) is 21.3 Å². The van der Waals surface area contributed by atoms with Crippen LogP contribution in [0, 0.1) is 0 Å². The largest absolute Gasteiger partial charge is 0.497 e. The molecule has 0 unspecified atom stereocenters. The van der Waals surface area contributed by atoms with Crippen LogP contribution < -0.4 is 20.5 Å². The van der Waals surface area contributed by atoms with Gasteiger partial charge in [-0.1, -0.05) is 0 Å². The molecule has 0 bridgehead atoms. The zero-order valence-corrected chi connectivity index (χ0v) is 12.8. The number of carbonyl (C=O) groups is 1. The third-order valence-corrected chi connectivity index (χ3v) is 3.78. The molecule has 1 aromatic carbocycles. The summed E-state index contributed by atoms with van der Waals surface area (Å²) in [4.78, 5) is 14.0. The smallest absolute Gasteiger partial charge is 0.237 e. The van der Waals surface area contributed by atoms with Gasteiger partial charge in [-0.15, -0.1) is 0 Å². The van der Waals surface area contributed by atoms with Crippen molar-refractivity contribution in [3.8, 4) is 11.5 Å². The van der Waals surface area contributed by atoms with Crippen molar-refractivity contribution in [2.45, 2.75) is 25.0 Å². The molecular weight excluding hydrogens is 270 g/mol. The van der Waals surface area contributed by atoms with Crippen LogP contribution in [-0.2, 0) is 11.3 Å². The normalized spacial score (nSPS) is 22.1. The van der Waals surface area contributed by atoms with Crippen LogP contribution >= 0.6 is 0 Å². The zero-order chi connectivity index (χ0) is 15.4. The maximum absolute atomic E-state index is 11.9. The average Bonchev–Trinajstić information content (AvgIpc) is 2.86. The Kier molecular flexibility index (Phi) is 5.03. The van der Waals surface area contributed by atoms with Crippen LogP contribution in [0.2, 0.25) is 0 Å². The van der Waals surface area contributed by atoms with E-state index in [0.717, 1.165) is 17.1 Å². The molecule has 21 heavy (non-hydrogen) atoms. The summed E-state index contributed by atoms with van der Waals surface area (Å²) >= 11 is 0. The Balaban J connectivity index is 2.17. The van der Waals surface area contributed by atoms with Gasteiger partial charge < -0.3 is 20.5 Å². The number of likely N-dealkylation sites (N-methyl/N-ethyl adjacent to an activating group) is 1. The highest BCUT2D eigenvalue weighted by Crippen LogP contribution is 2.26. The summed E-state index contributed by atoms with van der Waals surface area (Å²) in [7, 11) is 4.90. The summed E-state index contributed by atoms with van der Waals surface area (Å²) in [6.45, 7) is 1.34. The van der Waals surface area contributed by atoms with Crippen LogP contribution in [0.5, 0.6) is 11.5 Å². The van der Waals surface area contributed by atoms with Crippen molar-refractivity contribution >= 4 is 5.91 Å². The fourth-order valence-corrected chi connectivity index (χ4v) is 2.75. The van der Waals surface area contributed by atoms with Crippen molar-refractivity contribution in [3.05, 3.63) is 23.8 Å². The Bertz CT molecular complexity index is 485. The molecule has 2 rings (SSSR count). The monoisotopic (exact) mass is 293 g/mol. The first kappa shape index (κ1) is 15.6. The van der Waals surface area contributed by atoms with Crippen LogP contribution in [-0.4, -0.2) is 50.7 Å². The number of nitrogens with two attached hydrogens (primary N) is 1. The van der Waals surface area contributed by atoms with Crippen molar-refractivity contribution in [3.63, 3.8) is 0 Å². The average molecular weight is 293 g/mol. The molecule has 6 nitrogen and oxygen atoms in total.